The molecule has 39 heavy (non-hydrogen) atoms. The standard InChI is InChI=1S/C28H23F3N6O2/c1-3-14-39-21-9-5-8-20(16-21)32-25(38)37-24-23(36-13-12-26(37,2)17-36)11-10-22(33-24)18-6-4-7-19(15-18)27(34-35-27)28(29,30)31/h1,4-11,15-16H,12-14,17H2,2H3,(H,32,38)/t26-/m0/s1. The quantitative estimate of drug-likeness (QED) is 0.411. The predicted octanol–water partition coefficient (Wildman–Crippen LogP) is 5.96. The van der Waals surface area contributed by atoms with E-state index in [-0.39, 0.29) is 18.2 Å². The van der Waals surface area contributed by atoms with Gasteiger partial charge in [-0.3, -0.25) is 4.90 Å². The Morgan fingerprint density at radius 2 is 1.95 bits per heavy atom. The van der Waals surface area contributed by atoms with Crippen LogP contribution in [0, 0.1) is 12.3 Å². The number of terminal acetylenes is 1. The fourth-order valence-electron chi connectivity index (χ4n) is 5.25. The van der Waals surface area contributed by atoms with Crippen LogP contribution in [-0.2, 0) is 5.66 Å². The molecule has 11 heteroatoms. The van der Waals surface area contributed by atoms with E-state index < -0.39 is 17.4 Å². The van der Waals surface area contributed by atoms with E-state index in [0.29, 0.717) is 35.1 Å². The monoisotopic (exact) mass is 532 g/mol. The van der Waals surface area contributed by atoms with Crippen molar-refractivity contribution in [2.75, 3.05) is 34.8 Å². The molecule has 0 spiro atoms. The Hall–Kier alpha value is -4.59. The molecule has 4 heterocycles. The number of urea groups is 1. The summed E-state index contributed by atoms with van der Waals surface area (Å²) >= 11 is 0. The second-order valence-corrected chi connectivity index (χ2v) is 9.94. The van der Waals surface area contributed by atoms with Crippen molar-refractivity contribution in [3.8, 4) is 29.4 Å². The molecule has 3 aliphatic heterocycles. The van der Waals surface area contributed by atoms with Crippen LogP contribution in [0.25, 0.3) is 11.3 Å². The van der Waals surface area contributed by atoms with Crippen LogP contribution >= 0.6 is 0 Å². The van der Waals surface area contributed by atoms with Gasteiger partial charge in [-0.1, -0.05) is 30.2 Å². The van der Waals surface area contributed by atoms with Gasteiger partial charge in [0.05, 0.1) is 16.9 Å². The minimum atomic E-state index is -4.63. The Balaban J connectivity index is 1.35. The van der Waals surface area contributed by atoms with Crippen molar-refractivity contribution >= 4 is 23.2 Å². The van der Waals surface area contributed by atoms with Crippen LogP contribution in [0.1, 0.15) is 18.9 Å². The number of ether oxygens (including phenoxy) is 1. The van der Waals surface area contributed by atoms with Gasteiger partial charge < -0.3 is 15.0 Å². The van der Waals surface area contributed by atoms with Crippen molar-refractivity contribution in [1.29, 1.82) is 0 Å². The molecule has 0 unspecified atom stereocenters. The Morgan fingerprint density at radius 3 is 2.69 bits per heavy atom. The zero-order chi connectivity index (χ0) is 27.4. The third kappa shape index (κ3) is 4.12. The molecule has 0 aliphatic carbocycles. The number of hydrogen-bond donors (Lipinski definition) is 1. The van der Waals surface area contributed by atoms with Crippen LogP contribution in [0.4, 0.5) is 35.2 Å². The first-order valence-corrected chi connectivity index (χ1v) is 12.3. The number of rotatable bonds is 5. The highest BCUT2D eigenvalue weighted by Gasteiger charge is 2.65. The zero-order valence-corrected chi connectivity index (χ0v) is 20.9. The molecular weight excluding hydrogens is 509 g/mol. The van der Waals surface area contributed by atoms with E-state index >= 15 is 0 Å². The molecule has 198 valence electrons. The van der Waals surface area contributed by atoms with E-state index in [1.54, 1.807) is 41.3 Å². The number of amides is 2. The first-order chi connectivity index (χ1) is 18.6. The van der Waals surface area contributed by atoms with Crippen molar-refractivity contribution < 1.29 is 22.7 Å². The lowest BCUT2D eigenvalue weighted by Gasteiger charge is -2.42. The van der Waals surface area contributed by atoms with E-state index in [1.165, 1.54) is 18.2 Å². The highest BCUT2D eigenvalue weighted by molar-refractivity contribution is 6.05. The van der Waals surface area contributed by atoms with Gasteiger partial charge in [0.15, 0.2) is 5.82 Å². The number of nitrogens with one attached hydrogen (secondary N) is 1. The number of halogens is 3. The summed E-state index contributed by atoms with van der Waals surface area (Å²) in [5, 5.41) is 9.55. The summed E-state index contributed by atoms with van der Waals surface area (Å²) in [6.45, 7) is 3.48. The average molecular weight is 533 g/mol. The first-order valence-electron chi connectivity index (χ1n) is 12.3. The summed E-state index contributed by atoms with van der Waals surface area (Å²) in [4.78, 5) is 22.4. The van der Waals surface area contributed by atoms with Crippen LogP contribution in [0.2, 0.25) is 0 Å². The number of alkyl halides is 3. The van der Waals surface area contributed by atoms with Crippen LogP contribution < -0.4 is 19.9 Å². The van der Waals surface area contributed by atoms with Gasteiger partial charge in [0.1, 0.15) is 12.4 Å². The number of carbonyl (C=O) groups is 1. The maximum Gasteiger partial charge on any atom is 0.442 e. The number of hydrogen-bond acceptors (Lipinski definition) is 6. The summed E-state index contributed by atoms with van der Waals surface area (Å²) in [5.41, 5.74) is -0.934. The van der Waals surface area contributed by atoms with Gasteiger partial charge in [0, 0.05) is 36.0 Å². The van der Waals surface area contributed by atoms with Crippen molar-refractivity contribution in [2.45, 2.75) is 30.7 Å². The lowest BCUT2D eigenvalue weighted by Crippen LogP contribution is -2.56. The van der Waals surface area contributed by atoms with Crippen molar-refractivity contribution in [2.24, 2.45) is 10.2 Å². The molecule has 2 amide bonds. The topological polar surface area (TPSA) is 82.4 Å². The largest absolute Gasteiger partial charge is 0.481 e. The second-order valence-electron chi connectivity index (χ2n) is 9.94. The molecule has 8 nitrogen and oxygen atoms in total. The van der Waals surface area contributed by atoms with E-state index in [1.807, 2.05) is 13.0 Å². The van der Waals surface area contributed by atoms with Crippen molar-refractivity contribution in [3.05, 3.63) is 66.2 Å². The Kier molecular flexibility index (Phi) is 5.53. The Labute approximate surface area is 222 Å². The minimum Gasteiger partial charge on any atom is -0.481 e. The fourth-order valence-corrected chi connectivity index (χ4v) is 5.25. The smallest absolute Gasteiger partial charge is 0.442 e. The summed E-state index contributed by atoms with van der Waals surface area (Å²) in [6.07, 6.45) is 1.37. The third-order valence-electron chi connectivity index (χ3n) is 7.27. The fraction of sp³-hybridized carbons (Fsp3) is 0.286. The lowest BCUT2D eigenvalue weighted by molar-refractivity contribution is -0.166. The van der Waals surface area contributed by atoms with E-state index in [2.05, 4.69) is 26.4 Å². The maximum atomic E-state index is 13.7. The number of nitrogens with zero attached hydrogens (tertiary/aromatic N) is 5. The van der Waals surface area contributed by atoms with Gasteiger partial charge in [0.25, 0.3) is 0 Å². The highest BCUT2D eigenvalue weighted by Crippen LogP contribution is 2.53. The summed E-state index contributed by atoms with van der Waals surface area (Å²) in [6, 6.07) is 16.1. The molecule has 6 rings (SSSR count). The molecule has 1 fully saturated rings. The van der Waals surface area contributed by atoms with Gasteiger partial charge in [-0.25, -0.2) is 9.78 Å². The van der Waals surface area contributed by atoms with Crippen molar-refractivity contribution in [3.63, 3.8) is 0 Å². The number of aromatic nitrogens is 1. The minimum absolute atomic E-state index is 0.0793. The summed E-state index contributed by atoms with van der Waals surface area (Å²) in [7, 11) is 0. The summed E-state index contributed by atoms with van der Waals surface area (Å²) < 4.78 is 46.3. The normalized spacial score (nSPS) is 20.3. The first kappa shape index (κ1) is 24.7. The number of carbonyl (C=O) groups excluding carboxylic acids is 1. The molecule has 2 aromatic carbocycles. The number of benzene rings is 2. The molecule has 3 aliphatic rings. The third-order valence-corrected chi connectivity index (χ3v) is 7.27. The number of anilines is 3. The van der Waals surface area contributed by atoms with Gasteiger partial charge in [-0.2, -0.15) is 13.2 Å². The van der Waals surface area contributed by atoms with Crippen LogP contribution in [0.5, 0.6) is 5.75 Å². The lowest BCUT2D eigenvalue weighted by atomic mass is 9.96. The van der Waals surface area contributed by atoms with Crippen molar-refractivity contribution in [1.82, 2.24) is 4.98 Å². The average Bonchev–Trinajstić information content (AvgIpc) is 3.67. The summed E-state index contributed by atoms with van der Waals surface area (Å²) in [5.74, 6) is 3.37. The predicted molar refractivity (Wildman–Crippen MR) is 140 cm³/mol. The van der Waals surface area contributed by atoms with Crippen LogP contribution in [0.15, 0.2) is 70.9 Å². The maximum absolute atomic E-state index is 13.7. The second kappa shape index (κ2) is 8.73. The molecule has 2 bridgehead atoms. The molecule has 1 aromatic heterocycles. The van der Waals surface area contributed by atoms with Gasteiger partial charge in [0.2, 0.25) is 0 Å². The van der Waals surface area contributed by atoms with E-state index in [0.717, 1.165) is 18.7 Å². The van der Waals surface area contributed by atoms with E-state index in [9.17, 15) is 18.0 Å². The molecule has 1 atom stereocenters. The number of fused-ring (bicyclic) bond motifs is 4. The Morgan fingerprint density at radius 1 is 1.15 bits per heavy atom. The van der Waals surface area contributed by atoms with Crippen LogP contribution in [0.3, 0.4) is 0 Å². The highest BCUT2D eigenvalue weighted by atomic mass is 19.4. The SMILES string of the molecule is C#CCOc1cccc(NC(=O)N2c3nc(-c4cccc(C5(C(F)(F)F)N=N5)c4)ccc3N3CC[C@@]2(C)C3)c1. The molecule has 0 radical (unpaired) electrons. The van der Waals surface area contributed by atoms with Gasteiger partial charge >= 0.3 is 17.9 Å². The van der Waals surface area contributed by atoms with E-state index in [4.69, 9.17) is 16.1 Å². The number of pyridine rings is 1. The molecule has 3 aromatic rings. The molecule has 0 saturated carbocycles. The molecule has 1 N–H and O–H groups in total. The van der Waals surface area contributed by atoms with Gasteiger partial charge in [-0.05, 0) is 43.7 Å². The Bertz CT molecular complexity index is 1540. The molecular formula is C28H23F3N6O2. The zero-order valence-electron chi connectivity index (χ0n) is 20.9. The molecule has 1 saturated heterocycles. The van der Waals surface area contributed by atoms with Crippen LogP contribution in [-0.4, -0.2) is 42.4 Å². The van der Waals surface area contributed by atoms with Gasteiger partial charge in [-0.15, -0.1) is 16.7 Å².